The summed E-state index contributed by atoms with van der Waals surface area (Å²) in [5, 5.41) is 2.94. The van der Waals surface area contributed by atoms with Gasteiger partial charge in [0.05, 0.1) is 0 Å². The van der Waals surface area contributed by atoms with E-state index < -0.39 is 0 Å². The Labute approximate surface area is 99.9 Å². The smallest absolute Gasteiger partial charge is 0.0355 e. The minimum Gasteiger partial charge on any atom is -0.135 e. The molecule has 1 aromatic carbocycles. The molecule has 0 saturated carbocycles. The van der Waals surface area contributed by atoms with Gasteiger partial charge in [-0.05, 0) is 41.0 Å². The zero-order valence-corrected chi connectivity index (χ0v) is 10.6. The van der Waals surface area contributed by atoms with Crippen LogP contribution in [-0.2, 0) is 0 Å². The predicted molar refractivity (Wildman–Crippen MR) is 73.0 cm³/mol. The van der Waals surface area contributed by atoms with E-state index in [1.165, 1.54) is 28.1 Å². The second-order valence-electron chi connectivity index (χ2n) is 4.76. The van der Waals surface area contributed by atoms with Gasteiger partial charge in [0.15, 0.2) is 0 Å². The van der Waals surface area contributed by atoms with Gasteiger partial charge in [-0.3, -0.25) is 0 Å². The van der Waals surface area contributed by atoms with Crippen molar-refractivity contribution in [1.29, 1.82) is 0 Å². The van der Waals surface area contributed by atoms with E-state index >= 15 is 0 Å². The summed E-state index contributed by atoms with van der Waals surface area (Å²) in [7, 11) is 0. The molecule has 0 radical (unpaired) electrons. The third kappa shape index (κ3) is 1.42. The number of rotatable bonds is 1. The molecule has 2 aromatic rings. The highest BCUT2D eigenvalue weighted by molar-refractivity contribution is 7.17. The van der Waals surface area contributed by atoms with Gasteiger partial charge in [-0.2, -0.15) is 0 Å². The molecule has 1 heterocycles. The molecule has 0 atom stereocenters. The number of benzene rings is 1. The molecule has 0 unspecified atom stereocenters. The number of fused-ring (bicyclic) bond motifs is 3. The van der Waals surface area contributed by atoms with Crippen LogP contribution in [0.15, 0.2) is 24.3 Å². The molecule has 1 aliphatic carbocycles. The minimum absolute atomic E-state index is 0.681. The first-order chi connectivity index (χ1) is 7.77. The molecule has 0 fully saturated rings. The van der Waals surface area contributed by atoms with E-state index in [0.29, 0.717) is 5.92 Å². The highest BCUT2D eigenvalue weighted by Crippen LogP contribution is 2.22. The summed E-state index contributed by atoms with van der Waals surface area (Å²) in [4.78, 5) is 0. The van der Waals surface area contributed by atoms with Gasteiger partial charge in [0, 0.05) is 9.23 Å². The van der Waals surface area contributed by atoms with Crippen molar-refractivity contribution in [1.82, 2.24) is 0 Å². The number of hydrogen-bond acceptors (Lipinski definition) is 1. The topological polar surface area (TPSA) is 0 Å². The summed E-state index contributed by atoms with van der Waals surface area (Å²) in [6.07, 6.45) is 4.87. The maximum Gasteiger partial charge on any atom is 0.0355 e. The molecule has 0 spiro atoms. The first-order valence-electron chi connectivity index (χ1n) is 5.98. The van der Waals surface area contributed by atoms with Gasteiger partial charge in [0.2, 0.25) is 0 Å². The van der Waals surface area contributed by atoms with E-state index in [9.17, 15) is 0 Å². The lowest BCUT2D eigenvalue weighted by Gasteiger charge is -2.12. The van der Waals surface area contributed by atoms with Crippen LogP contribution in [0.4, 0.5) is 0 Å². The molecule has 0 N–H and O–H groups in total. The summed E-state index contributed by atoms with van der Waals surface area (Å²) >= 11 is 1.97. The summed E-state index contributed by atoms with van der Waals surface area (Å²) in [5.41, 5.74) is 1.65. The predicted octanol–water partition coefficient (Wildman–Crippen LogP) is 3.28. The first kappa shape index (κ1) is 10.1. The van der Waals surface area contributed by atoms with Crippen LogP contribution < -0.4 is 9.75 Å². The summed E-state index contributed by atoms with van der Waals surface area (Å²) in [5.74, 6) is 0.681. The van der Waals surface area contributed by atoms with E-state index in [1.807, 2.05) is 11.3 Å². The normalized spacial score (nSPS) is 15.3. The molecule has 3 rings (SSSR count). The van der Waals surface area contributed by atoms with Crippen molar-refractivity contribution >= 4 is 33.1 Å². The van der Waals surface area contributed by atoms with Crippen LogP contribution in [-0.4, -0.2) is 0 Å². The van der Waals surface area contributed by atoms with Crippen molar-refractivity contribution in [2.24, 2.45) is 5.92 Å². The Balaban J connectivity index is 2.51. The van der Waals surface area contributed by atoms with Gasteiger partial charge in [-0.1, -0.05) is 38.1 Å². The van der Waals surface area contributed by atoms with Crippen LogP contribution in [0.1, 0.15) is 26.7 Å². The van der Waals surface area contributed by atoms with Crippen LogP contribution in [0.25, 0.3) is 21.7 Å². The van der Waals surface area contributed by atoms with E-state index in [2.05, 4.69) is 44.2 Å². The van der Waals surface area contributed by atoms with Crippen molar-refractivity contribution in [2.75, 3.05) is 0 Å². The van der Waals surface area contributed by atoms with Crippen LogP contribution in [0.2, 0.25) is 0 Å². The average Bonchev–Trinajstić information content (AvgIpc) is 2.67. The quantitative estimate of drug-likeness (QED) is 0.702. The molecular weight excluding hydrogens is 212 g/mol. The third-order valence-corrected chi connectivity index (χ3v) is 4.65. The van der Waals surface area contributed by atoms with Gasteiger partial charge >= 0.3 is 0 Å². The van der Waals surface area contributed by atoms with Crippen molar-refractivity contribution in [3.05, 3.63) is 34.0 Å². The highest BCUT2D eigenvalue weighted by atomic mass is 32.1. The van der Waals surface area contributed by atoms with E-state index in [0.717, 1.165) is 0 Å². The molecule has 82 valence electrons. The fourth-order valence-corrected chi connectivity index (χ4v) is 3.97. The van der Waals surface area contributed by atoms with Crippen LogP contribution in [0.3, 0.4) is 0 Å². The number of hydrogen-bond donors (Lipinski definition) is 0. The Morgan fingerprint density at radius 1 is 1.19 bits per heavy atom. The Bertz CT molecular complexity index is 644. The fourth-order valence-electron chi connectivity index (χ4n) is 2.54. The second-order valence-corrected chi connectivity index (χ2v) is 5.82. The van der Waals surface area contributed by atoms with Crippen molar-refractivity contribution in [2.45, 2.75) is 26.7 Å². The van der Waals surface area contributed by atoms with Crippen LogP contribution in [0.5, 0.6) is 0 Å². The van der Waals surface area contributed by atoms with Crippen LogP contribution >= 0.6 is 11.3 Å². The van der Waals surface area contributed by atoms with E-state index in [-0.39, 0.29) is 0 Å². The number of thiophene rings is 1. The molecule has 0 nitrogen and oxygen atoms in total. The lowest BCUT2D eigenvalue weighted by atomic mass is 9.94. The SMILES string of the molecule is CC(C)C1=c2sc3ccccc3c2=CCC1. The lowest BCUT2D eigenvalue weighted by molar-refractivity contribution is 0.801. The summed E-state index contributed by atoms with van der Waals surface area (Å²) in [6, 6.07) is 8.78. The lowest BCUT2D eigenvalue weighted by Crippen LogP contribution is -2.26. The Morgan fingerprint density at radius 3 is 2.81 bits per heavy atom. The Kier molecular flexibility index (Phi) is 2.36. The molecule has 1 heteroatoms. The monoisotopic (exact) mass is 228 g/mol. The molecule has 0 amide bonds. The highest BCUT2D eigenvalue weighted by Gasteiger charge is 2.11. The van der Waals surface area contributed by atoms with Crippen molar-refractivity contribution < 1.29 is 0 Å². The molecule has 1 aromatic heterocycles. The maximum absolute atomic E-state index is 2.42. The fraction of sp³-hybridized carbons (Fsp3) is 0.333. The van der Waals surface area contributed by atoms with E-state index in [1.54, 1.807) is 10.1 Å². The standard InChI is InChI=1S/C15H16S/c1-10(2)11-7-5-8-13-12-6-3-4-9-14(12)16-15(11)13/h3-4,6,8-10H,5,7H2,1-2H3. The minimum atomic E-state index is 0.681. The first-order valence-corrected chi connectivity index (χ1v) is 6.80. The molecule has 16 heavy (non-hydrogen) atoms. The largest absolute Gasteiger partial charge is 0.135 e. The molecule has 0 bridgehead atoms. The molecule has 0 aliphatic heterocycles. The Morgan fingerprint density at radius 2 is 2.00 bits per heavy atom. The molecule has 1 aliphatic rings. The maximum atomic E-state index is 2.42. The Hall–Kier alpha value is -1.08. The second kappa shape index (κ2) is 3.74. The van der Waals surface area contributed by atoms with Crippen LogP contribution in [0, 0.1) is 5.92 Å². The summed E-state index contributed by atoms with van der Waals surface area (Å²) in [6.45, 7) is 4.63. The third-order valence-electron chi connectivity index (χ3n) is 3.38. The van der Waals surface area contributed by atoms with E-state index in [4.69, 9.17) is 0 Å². The zero-order valence-electron chi connectivity index (χ0n) is 9.79. The van der Waals surface area contributed by atoms with Gasteiger partial charge in [-0.15, -0.1) is 11.3 Å². The summed E-state index contributed by atoms with van der Waals surface area (Å²) < 4.78 is 2.98. The van der Waals surface area contributed by atoms with Crippen molar-refractivity contribution in [3.63, 3.8) is 0 Å². The molecule has 0 saturated heterocycles. The zero-order chi connectivity index (χ0) is 11.1. The van der Waals surface area contributed by atoms with Gasteiger partial charge < -0.3 is 0 Å². The average molecular weight is 228 g/mol. The van der Waals surface area contributed by atoms with Crippen molar-refractivity contribution in [3.8, 4) is 0 Å². The van der Waals surface area contributed by atoms with Gasteiger partial charge in [0.1, 0.15) is 0 Å². The van der Waals surface area contributed by atoms with Gasteiger partial charge in [-0.25, -0.2) is 0 Å². The molecular formula is C15H16S. The van der Waals surface area contributed by atoms with Gasteiger partial charge in [0.25, 0.3) is 0 Å².